The highest BCUT2D eigenvalue weighted by atomic mass is 35.5. The Labute approximate surface area is 144 Å². The lowest BCUT2D eigenvalue weighted by Gasteiger charge is -2.33. The fourth-order valence-corrected chi connectivity index (χ4v) is 4.27. The first-order valence-electron chi connectivity index (χ1n) is 7.26. The molecule has 1 aliphatic heterocycles. The summed E-state index contributed by atoms with van der Waals surface area (Å²) in [5.74, 6) is -0.251. The van der Waals surface area contributed by atoms with Crippen LogP contribution < -0.4 is 0 Å². The molecule has 0 aliphatic carbocycles. The Balaban J connectivity index is 1.71. The van der Waals surface area contributed by atoms with E-state index in [0.29, 0.717) is 18.8 Å². The Bertz CT molecular complexity index is 847. The minimum Gasteiger partial charge on any atom is -0.335 e. The van der Waals surface area contributed by atoms with Gasteiger partial charge < -0.3 is 4.90 Å². The lowest BCUT2D eigenvalue weighted by Crippen LogP contribution is -2.50. The van der Waals surface area contributed by atoms with Crippen LogP contribution in [0.4, 0.5) is 0 Å². The SMILES string of the molecule is Cn1cc(S(=O)(=O)N2CCN(C(=O)c3c(Cl)cnn3C)CC2)cn1. The van der Waals surface area contributed by atoms with E-state index in [0.717, 1.165) is 0 Å². The zero-order valence-electron chi connectivity index (χ0n) is 13.3. The van der Waals surface area contributed by atoms with E-state index in [4.69, 9.17) is 11.6 Å². The molecule has 0 atom stereocenters. The van der Waals surface area contributed by atoms with Crippen molar-refractivity contribution in [1.82, 2.24) is 28.8 Å². The summed E-state index contributed by atoms with van der Waals surface area (Å²) in [6.07, 6.45) is 4.20. The van der Waals surface area contributed by atoms with Gasteiger partial charge in [0.2, 0.25) is 10.0 Å². The van der Waals surface area contributed by atoms with Crippen molar-refractivity contribution in [3.63, 3.8) is 0 Å². The molecule has 3 heterocycles. The van der Waals surface area contributed by atoms with Gasteiger partial charge >= 0.3 is 0 Å². The molecule has 1 aliphatic rings. The van der Waals surface area contributed by atoms with Crippen molar-refractivity contribution in [2.24, 2.45) is 14.1 Å². The summed E-state index contributed by atoms with van der Waals surface area (Å²) < 4.78 is 29.3. The molecule has 24 heavy (non-hydrogen) atoms. The second-order valence-electron chi connectivity index (χ2n) is 5.51. The van der Waals surface area contributed by atoms with Crippen LogP contribution in [0.3, 0.4) is 0 Å². The zero-order valence-corrected chi connectivity index (χ0v) is 14.8. The lowest BCUT2D eigenvalue weighted by atomic mass is 10.3. The second-order valence-corrected chi connectivity index (χ2v) is 7.86. The van der Waals surface area contributed by atoms with Crippen molar-refractivity contribution in [1.29, 1.82) is 0 Å². The average Bonchev–Trinajstić information content (AvgIpc) is 3.13. The van der Waals surface area contributed by atoms with Crippen molar-refractivity contribution in [3.8, 4) is 0 Å². The van der Waals surface area contributed by atoms with Gasteiger partial charge in [0.05, 0.1) is 17.4 Å². The van der Waals surface area contributed by atoms with Gasteiger partial charge in [-0.05, 0) is 0 Å². The van der Waals surface area contributed by atoms with E-state index >= 15 is 0 Å². The first-order chi connectivity index (χ1) is 11.3. The minimum absolute atomic E-state index is 0.152. The van der Waals surface area contributed by atoms with Gasteiger partial charge in [0.1, 0.15) is 10.6 Å². The summed E-state index contributed by atoms with van der Waals surface area (Å²) in [5.41, 5.74) is 0.306. The number of amides is 1. The number of piperazine rings is 1. The summed E-state index contributed by atoms with van der Waals surface area (Å²) in [6.45, 7) is 1.02. The third-order valence-corrected chi connectivity index (χ3v) is 6.07. The molecular formula is C13H17ClN6O3S. The molecule has 0 aromatic carbocycles. The maximum Gasteiger partial charge on any atom is 0.273 e. The Morgan fingerprint density at radius 1 is 1.12 bits per heavy atom. The van der Waals surface area contributed by atoms with Gasteiger partial charge in [0.15, 0.2) is 0 Å². The number of carbonyl (C=O) groups is 1. The highest BCUT2D eigenvalue weighted by molar-refractivity contribution is 7.89. The van der Waals surface area contributed by atoms with E-state index in [1.54, 1.807) is 19.0 Å². The molecule has 130 valence electrons. The van der Waals surface area contributed by atoms with Gasteiger partial charge in [-0.15, -0.1) is 0 Å². The van der Waals surface area contributed by atoms with Gasteiger partial charge in [0.25, 0.3) is 5.91 Å². The smallest absolute Gasteiger partial charge is 0.273 e. The van der Waals surface area contributed by atoms with Crippen LogP contribution in [-0.4, -0.2) is 69.3 Å². The van der Waals surface area contributed by atoms with Gasteiger partial charge in [-0.3, -0.25) is 14.2 Å². The van der Waals surface area contributed by atoms with Gasteiger partial charge in [-0.2, -0.15) is 14.5 Å². The third-order valence-electron chi connectivity index (χ3n) is 3.94. The first-order valence-corrected chi connectivity index (χ1v) is 9.08. The monoisotopic (exact) mass is 372 g/mol. The van der Waals surface area contributed by atoms with E-state index in [1.165, 1.54) is 32.3 Å². The average molecular weight is 373 g/mol. The highest BCUT2D eigenvalue weighted by Crippen LogP contribution is 2.20. The number of rotatable bonds is 3. The second kappa shape index (κ2) is 6.19. The van der Waals surface area contributed by atoms with Gasteiger partial charge in [-0.1, -0.05) is 11.6 Å². The van der Waals surface area contributed by atoms with E-state index in [9.17, 15) is 13.2 Å². The topological polar surface area (TPSA) is 93.3 Å². The van der Waals surface area contributed by atoms with Crippen LogP contribution in [0.1, 0.15) is 10.5 Å². The predicted molar refractivity (Wildman–Crippen MR) is 86.1 cm³/mol. The van der Waals surface area contributed by atoms with Crippen LogP contribution in [0.15, 0.2) is 23.5 Å². The molecule has 2 aromatic rings. The van der Waals surface area contributed by atoms with Gasteiger partial charge in [-0.25, -0.2) is 8.42 Å². The number of halogens is 1. The lowest BCUT2D eigenvalue weighted by molar-refractivity contribution is 0.0687. The Morgan fingerprint density at radius 3 is 2.29 bits per heavy atom. The van der Waals surface area contributed by atoms with E-state index in [-0.39, 0.29) is 28.9 Å². The number of aryl methyl sites for hydroxylation is 2. The first kappa shape index (κ1) is 16.9. The Morgan fingerprint density at radius 2 is 1.79 bits per heavy atom. The molecule has 0 saturated carbocycles. The molecule has 3 rings (SSSR count). The number of hydrogen-bond acceptors (Lipinski definition) is 5. The summed E-state index contributed by atoms with van der Waals surface area (Å²) in [5, 5.41) is 8.13. The summed E-state index contributed by atoms with van der Waals surface area (Å²) >= 11 is 6.00. The minimum atomic E-state index is -3.59. The third kappa shape index (κ3) is 2.92. The van der Waals surface area contributed by atoms with Crippen LogP contribution in [0, 0.1) is 0 Å². The maximum absolute atomic E-state index is 12.5. The standard InChI is InChI=1S/C13H17ClN6O3S/c1-17-9-10(7-15-17)24(22,23)20-5-3-19(4-6-20)13(21)12-11(14)8-16-18(12)2/h7-9H,3-6H2,1-2H3. The quantitative estimate of drug-likeness (QED) is 0.753. The molecule has 0 radical (unpaired) electrons. The molecule has 1 saturated heterocycles. The molecule has 1 fully saturated rings. The van der Waals surface area contributed by atoms with Crippen molar-refractivity contribution in [2.45, 2.75) is 4.90 Å². The molecule has 0 bridgehead atoms. The number of carbonyl (C=O) groups excluding carboxylic acids is 1. The molecular weight excluding hydrogens is 356 g/mol. The maximum atomic E-state index is 12.5. The van der Waals surface area contributed by atoms with Crippen LogP contribution in [0.5, 0.6) is 0 Å². The fourth-order valence-electron chi connectivity index (χ4n) is 2.61. The summed E-state index contributed by atoms with van der Waals surface area (Å²) in [7, 11) is -0.291. The fraction of sp³-hybridized carbons (Fsp3) is 0.462. The van der Waals surface area contributed by atoms with Crippen molar-refractivity contribution in [2.75, 3.05) is 26.2 Å². The normalized spacial score (nSPS) is 16.5. The number of nitrogens with zero attached hydrogens (tertiary/aromatic N) is 6. The molecule has 0 N–H and O–H groups in total. The zero-order chi connectivity index (χ0) is 17.5. The molecule has 0 spiro atoms. The number of hydrogen-bond donors (Lipinski definition) is 0. The molecule has 9 nitrogen and oxygen atoms in total. The van der Waals surface area contributed by atoms with E-state index < -0.39 is 10.0 Å². The molecule has 2 aromatic heterocycles. The highest BCUT2D eigenvalue weighted by Gasteiger charge is 2.32. The predicted octanol–water partition coefficient (Wildman–Crippen LogP) is -0.0463. The molecule has 11 heteroatoms. The van der Waals surface area contributed by atoms with E-state index in [1.807, 2.05) is 0 Å². The van der Waals surface area contributed by atoms with Gasteiger partial charge in [0, 0.05) is 46.5 Å². The van der Waals surface area contributed by atoms with E-state index in [2.05, 4.69) is 10.2 Å². The van der Waals surface area contributed by atoms with Crippen LogP contribution in [-0.2, 0) is 24.1 Å². The Hall–Kier alpha value is -1.91. The number of sulfonamides is 1. The largest absolute Gasteiger partial charge is 0.335 e. The Kier molecular flexibility index (Phi) is 4.37. The van der Waals surface area contributed by atoms with Crippen molar-refractivity contribution < 1.29 is 13.2 Å². The van der Waals surface area contributed by atoms with Crippen molar-refractivity contribution in [3.05, 3.63) is 29.3 Å². The van der Waals surface area contributed by atoms with Crippen LogP contribution in [0.2, 0.25) is 5.02 Å². The summed E-state index contributed by atoms with van der Waals surface area (Å²) in [4.78, 5) is 14.3. The van der Waals surface area contributed by atoms with Crippen LogP contribution in [0.25, 0.3) is 0 Å². The van der Waals surface area contributed by atoms with Crippen molar-refractivity contribution >= 4 is 27.5 Å². The summed E-state index contributed by atoms with van der Waals surface area (Å²) in [6, 6.07) is 0. The molecule has 0 unspecified atom stereocenters. The molecule has 1 amide bonds. The van der Waals surface area contributed by atoms with Crippen LogP contribution >= 0.6 is 11.6 Å². The number of aromatic nitrogens is 4.